The van der Waals surface area contributed by atoms with E-state index in [1.165, 1.54) is 4.31 Å². The van der Waals surface area contributed by atoms with Crippen molar-refractivity contribution < 1.29 is 17.9 Å². The van der Waals surface area contributed by atoms with Crippen LogP contribution in [0.25, 0.3) is 0 Å². The number of rotatable bonds is 2. The molecule has 0 aromatic rings. The van der Waals surface area contributed by atoms with Gasteiger partial charge in [0.1, 0.15) is 0 Å². The summed E-state index contributed by atoms with van der Waals surface area (Å²) in [4.78, 5) is 11.2. The van der Waals surface area contributed by atoms with Gasteiger partial charge in [-0.05, 0) is 12.8 Å². The fourth-order valence-electron chi connectivity index (χ4n) is 2.19. The van der Waals surface area contributed by atoms with E-state index in [4.69, 9.17) is 4.74 Å². The van der Waals surface area contributed by atoms with Gasteiger partial charge in [-0.2, -0.15) is 4.31 Å². The smallest absolute Gasteiger partial charge is 0.221 e. The lowest BCUT2D eigenvalue weighted by Crippen LogP contribution is -2.42. The summed E-state index contributed by atoms with van der Waals surface area (Å²) in [6, 6.07) is 0. The Kier molecular flexibility index (Phi) is 4.01. The molecule has 2 rings (SSSR count). The van der Waals surface area contributed by atoms with Crippen LogP contribution in [-0.2, 0) is 19.6 Å². The summed E-state index contributed by atoms with van der Waals surface area (Å²) >= 11 is 0. The molecule has 0 radical (unpaired) electrons. The number of sulfonamides is 1. The standard InChI is InChI=1S/C10H18N2O4S/c13-10-1-5-12(6-4-11-10)17(14,15)9-2-7-16-8-3-9/h9H,1-8H2,(H,11,13). The normalized spacial score (nSPS) is 25.3. The monoisotopic (exact) mass is 262 g/mol. The van der Waals surface area contributed by atoms with Gasteiger partial charge in [0.25, 0.3) is 0 Å². The average Bonchev–Trinajstić information content (AvgIpc) is 2.55. The van der Waals surface area contributed by atoms with Crippen LogP contribution in [-0.4, -0.2) is 56.7 Å². The third-order valence-corrected chi connectivity index (χ3v) is 5.62. The number of ether oxygens (including phenoxy) is 1. The minimum atomic E-state index is -3.27. The summed E-state index contributed by atoms with van der Waals surface area (Å²) in [7, 11) is -3.27. The van der Waals surface area contributed by atoms with Crippen LogP contribution in [0.4, 0.5) is 0 Å². The molecule has 98 valence electrons. The Labute approximate surface area is 101 Å². The molecule has 2 aliphatic rings. The van der Waals surface area contributed by atoms with Gasteiger partial charge in [-0.15, -0.1) is 0 Å². The third-order valence-electron chi connectivity index (χ3n) is 3.22. The van der Waals surface area contributed by atoms with Crippen molar-refractivity contribution >= 4 is 15.9 Å². The van der Waals surface area contributed by atoms with Crippen molar-refractivity contribution in [2.45, 2.75) is 24.5 Å². The molecule has 0 saturated carbocycles. The van der Waals surface area contributed by atoms with Crippen molar-refractivity contribution in [3.05, 3.63) is 0 Å². The minimum absolute atomic E-state index is 0.0744. The molecule has 0 aromatic carbocycles. The zero-order valence-corrected chi connectivity index (χ0v) is 10.5. The van der Waals surface area contributed by atoms with E-state index in [9.17, 15) is 13.2 Å². The lowest BCUT2D eigenvalue weighted by Gasteiger charge is -2.28. The largest absolute Gasteiger partial charge is 0.381 e. The number of amides is 1. The lowest BCUT2D eigenvalue weighted by atomic mass is 10.2. The van der Waals surface area contributed by atoms with Gasteiger partial charge in [0.05, 0.1) is 5.25 Å². The summed E-state index contributed by atoms with van der Waals surface area (Å²) < 4.78 is 31.3. The molecule has 7 heteroatoms. The second-order valence-electron chi connectivity index (χ2n) is 4.36. The van der Waals surface area contributed by atoms with E-state index in [2.05, 4.69) is 5.32 Å². The first-order chi connectivity index (χ1) is 8.10. The van der Waals surface area contributed by atoms with Crippen molar-refractivity contribution in [2.75, 3.05) is 32.8 Å². The van der Waals surface area contributed by atoms with E-state index >= 15 is 0 Å². The summed E-state index contributed by atoms with van der Waals surface area (Å²) in [5, 5.41) is 2.34. The number of nitrogens with zero attached hydrogens (tertiary/aromatic N) is 1. The van der Waals surface area contributed by atoms with Crippen molar-refractivity contribution in [1.29, 1.82) is 0 Å². The van der Waals surface area contributed by atoms with Crippen molar-refractivity contribution in [1.82, 2.24) is 9.62 Å². The van der Waals surface area contributed by atoms with Gasteiger partial charge in [0.15, 0.2) is 0 Å². The number of hydrogen-bond acceptors (Lipinski definition) is 4. The van der Waals surface area contributed by atoms with Crippen LogP contribution in [0.15, 0.2) is 0 Å². The number of hydrogen-bond donors (Lipinski definition) is 1. The summed E-state index contributed by atoms with van der Waals surface area (Å²) in [5.74, 6) is -0.0744. The van der Waals surface area contributed by atoms with Crippen LogP contribution in [0.5, 0.6) is 0 Å². The molecule has 2 saturated heterocycles. The average molecular weight is 262 g/mol. The lowest BCUT2D eigenvalue weighted by molar-refractivity contribution is -0.120. The molecule has 2 heterocycles. The molecular weight excluding hydrogens is 244 g/mol. The van der Waals surface area contributed by atoms with E-state index in [1.54, 1.807) is 0 Å². The summed E-state index contributed by atoms with van der Waals surface area (Å²) in [5.41, 5.74) is 0. The van der Waals surface area contributed by atoms with Gasteiger partial charge in [0.2, 0.25) is 15.9 Å². The zero-order valence-electron chi connectivity index (χ0n) is 9.72. The minimum Gasteiger partial charge on any atom is -0.381 e. The highest BCUT2D eigenvalue weighted by Crippen LogP contribution is 2.20. The Hall–Kier alpha value is -0.660. The van der Waals surface area contributed by atoms with Gasteiger partial charge >= 0.3 is 0 Å². The SMILES string of the molecule is O=C1CCN(S(=O)(=O)C2CCOCC2)CCN1. The predicted octanol–water partition coefficient (Wildman–Crippen LogP) is -0.683. The van der Waals surface area contributed by atoms with E-state index in [-0.39, 0.29) is 17.6 Å². The van der Waals surface area contributed by atoms with Crippen molar-refractivity contribution in [3.63, 3.8) is 0 Å². The van der Waals surface area contributed by atoms with Gasteiger partial charge in [-0.3, -0.25) is 4.79 Å². The quantitative estimate of drug-likeness (QED) is 0.715. The van der Waals surface area contributed by atoms with Crippen LogP contribution in [0, 0.1) is 0 Å². The van der Waals surface area contributed by atoms with E-state index < -0.39 is 10.0 Å². The molecule has 0 aliphatic carbocycles. The first-order valence-electron chi connectivity index (χ1n) is 5.94. The van der Waals surface area contributed by atoms with Crippen LogP contribution in [0.3, 0.4) is 0 Å². The number of carbonyl (C=O) groups is 1. The van der Waals surface area contributed by atoms with Crippen LogP contribution < -0.4 is 5.32 Å². The maximum Gasteiger partial charge on any atom is 0.221 e. The van der Waals surface area contributed by atoms with E-state index in [0.29, 0.717) is 45.7 Å². The highest BCUT2D eigenvalue weighted by atomic mass is 32.2. The molecule has 0 aromatic heterocycles. The van der Waals surface area contributed by atoms with E-state index in [1.807, 2.05) is 0 Å². The Bertz CT molecular complexity index is 376. The van der Waals surface area contributed by atoms with Gasteiger partial charge < -0.3 is 10.1 Å². The first-order valence-corrected chi connectivity index (χ1v) is 7.44. The molecule has 6 nitrogen and oxygen atoms in total. The Morgan fingerprint density at radius 2 is 1.94 bits per heavy atom. The zero-order chi connectivity index (χ0) is 12.3. The van der Waals surface area contributed by atoms with Gasteiger partial charge in [-0.25, -0.2) is 8.42 Å². The van der Waals surface area contributed by atoms with Crippen LogP contribution in [0.1, 0.15) is 19.3 Å². The second-order valence-corrected chi connectivity index (χ2v) is 6.57. The van der Waals surface area contributed by atoms with E-state index in [0.717, 1.165) is 0 Å². The van der Waals surface area contributed by atoms with Crippen LogP contribution in [0.2, 0.25) is 0 Å². The fourth-order valence-corrected chi connectivity index (χ4v) is 4.09. The topological polar surface area (TPSA) is 75.7 Å². The van der Waals surface area contributed by atoms with Gasteiger partial charge in [0, 0.05) is 39.3 Å². The molecule has 0 spiro atoms. The number of nitrogens with one attached hydrogen (secondary N) is 1. The fraction of sp³-hybridized carbons (Fsp3) is 0.900. The van der Waals surface area contributed by atoms with Crippen LogP contribution >= 0.6 is 0 Å². The molecule has 2 fully saturated rings. The molecule has 17 heavy (non-hydrogen) atoms. The maximum absolute atomic E-state index is 12.3. The predicted molar refractivity (Wildman–Crippen MR) is 62.0 cm³/mol. The molecule has 0 atom stereocenters. The molecule has 1 amide bonds. The molecule has 1 N–H and O–H groups in total. The Balaban J connectivity index is 2.05. The number of carbonyl (C=O) groups excluding carboxylic acids is 1. The van der Waals surface area contributed by atoms with Gasteiger partial charge in [-0.1, -0.05) is 0 Å². The molecular formula is C10H18N2O4S. The van der Waals surface area contributed by atoms with Crippen molar-refractivity contribution in [2.24, 2.45) is 0 Å². The highest BCUT2D eigenvalue weighted by Gasteiger charge is 2.34. The highest BCUT2D eigenvalue weighted by molar-refractivity contribution is 7.89. The molecule has 0 unspecified atom stereocenters. The summed E-state index contributed by atoms with van der Waals surface area (Å²) in [6.07, 6.45) is 1.36. The maximum atomic E-state index is 12.3. The third kappa shape index (κ3) is 2.97. The Morgan fingerprint density at radius 1 is 1.24 bits per heavy atom. The van der Waals surface area contributed by atoms with Crippen molar-refractivity contribution in [3.8, 4) is 0 Å². The second kappa shape index (κ2) is 5.32. The molecule has 0 bridgehead atoms. The molecule has 2 aliphatic heterocycles. The first kappa shape index (κ1) is 12.8. The summed E-state index contributed by atoms with van der Waals surface area (Å²) in [6.45, 7) is 2.10. The Morgan fingerprint density at radius 3 is 2.65 bits per heavy atom.